The van der Waals surface area contributed by atoms with Gasteiger partial charge in [-0.2, -0.15) is 10.2 Å². The number of aromatic amines is 2. The maximum absolute atomic E-state index is 12.3. The topological polar surface area (TPSA) is 104 Å². The molecule has 1 fully saturated rings. The zero-order chi connectivity index (χ0) is 13.2. The van der Waals surface area contributed by atoms with Crippen LogP contribution in [0.2, 0.25) is 0 Å². The molecule has 7 heteroatoms. The van der Waals surface area contributed by atoms with Gasteiger partial charge in [0.05, 0.1) is 0 Å². The molecule has 0 aliphatic carbocycles. The third-order valence-corrected chi connectivity index (χ3v) is 3.50. The number of H-pyrrole nitrogens is 2. The predicted octanol–water partition coefficient (Wildman–Crippen LogP) is 0.735. The number of nitrogens with two attached hydrogens (primary N) is 1. The minimum absolute atomic E-state index is 0.0478. The molecule has 0 bridgehead atoms. The standard InChI is InChI=1S/C12H16N6O/c13-11-6-10(16-17-11)12(19)18-5-1-2-8(7-18)9-3-4-14-15-9/h3-4,6,8H,1-2,5,7H2,(H,14,15)(H3,13,16,17). The molecule has 0 saturated carbocycles. The number of nitrogens with zero attached hydrogens (tertiary/aromatic N) is 3. The first-order chi connectivity index (χ1) is 9.24. The second-order valence-electron chi connectivity index (χ2n) is 4.81. The quantitative estimate of drug-likeness (QED) is 0.740. The number of carbonyl (C=O) groups excluding carboxylic acids is 1. The number of hydrogen-bond acceptors (Lipinski definition) is 4. The van der Waals surface area contributed by atoms with Gasteiger partial charge in [-0.05, 0) is 18.9 Å². The summed E-state index contributed by atoms with van der Waals surface area (Å²) in [7, 11) is 0. The summed E-state index contributed by atoms with van der Waals surface area (Å²) in [6.45, 7) is 1.46. The van der Waals surface area contributed by atoms with E-state index in [2.05, 4.69) is 20.4 Å². The highest BCUT2D eigenvalue weighted by molar-refractivity contribution is 5.93. The molecule has 0 radical (unpaired) electrons. The van der Waals surface area contributed by atoms with Crippen LogP contribution in [0.25, 0.3) is 0 Å². The van der Waals surface area contributed by atoms with Crippen LogP contribution in [0.4, 0.5) is 5.82 Å². The van der Waals surface area contributed by atoms with E-state index in [1.165, 1.54) is 0 Å². The van der Waals surface area contributed by atoms with Gasteiger partial charge in [-0.1, -0.05) is 0 Å². The first kappa shape index (κ1) is 11.8. The van der Waals surface area contributed by atoms with Gasteiger partial charge in [0.1, 0.15) is 11.5 Å². The van der Waals surface area contributed by atoms with Gasteiger partial charge in [0.25, 0.3) is 5.91 Å². The Kier molecular flexibility index (Phi) is 2.94. The molecular weight excluding hydrogens is 244 g/mol. The molecule has 2 aromatic heterocycles. The fourth-order valence-electron chi connectivity index (χ4n) is 2.53. The number of aromatic nitrogens is 4. The average Bonchev–Trinajstić information content (AvgIpc) is 3.09. The number of anilines is 1. The molecule has 3 rings (SSSR count). The van der Waals surface area contributed by atoms with Crippen molar-refractivity contribution in [1.82, 2.24) is 25.3 Å². The maximum Gasteiger partial charge on any atom is 0.271 e. The zero-order valence-electron chi connectivity index (χ0n) is 10.5. The van der Waals surface area contributed by atoms with Gasteiger partial charge in [-0.3, -0.25) is 15.0 Å². The molecular formula is C12H16N6O. The van der Waals surface area contributed by atoms with Crippen molar-refractivity contribution < 1.29 is 4.79 Å². The number of nitrogen functional groups attached to an aromatic ring is 1. The van der Waals surface area contributed by atoms with E-state index in [9.17, 15) is 4.79 Å². The Bertz CT molecular complexity index is 561. The van der Waals surface area contributed by atoms with E-state index in [1.54, 1.807) is 12.3 Å². The van der Waals surface area contributed by atoms with Gasteiger partial charge in [0, 0.05) is 37.0 Å². The van der Waals surface area contributed by atoms with Crippen molar-refractivity contribution >= 4 is 11.7 Å². The molecule has 3 heterocycles. The van der Waals surface area contributed by atoms with Crippen LogP contribution >= 0.6 is 0 Å². The lowest BCUT2D eigenvalue weighted by molar-refractivity contribution is 0.0700. The lowest BCUT2D eigenvalue weighted by atomic mass is 9.95. The molecule has 19 heavy (non-hydrogen) atoms. The van der Waals surface area contributed by atoms with E-state index < -0.39 is 0 Å². The molecule has 0 aromatic carbocycles. The van der Waals surface area contributed by atoms with E-state index in [1.807, 2.05) is 11.0 Å². The van der Waals surface area contributed by atoms with Crippen molar-refractivity contribution in [2.45, 2.75) is 18.8 Å². The largest absolute Gasteiger partial charge is 0.382 e. The van der Waals surface area contributed by atoms with Gasteiger partial charge in [-0.15, -0.1) is 0 Å². The summed E-state index contributed by atoms with van der Waals surface area (Å²) in [6.07, 6.45) is 3.79. The highest BCUT2D eigenvalue weighted by atomic mass is 16.2. The summed E-state index contributed by atoms with van der Waals surface area (Å²) >= 11 is 0. The van der Waals surface area contributed by atoms with Gasteiger partial charge < -0.3 is 10.6 Å². The monoisotopic (exact) mass is 260 g/mol. The van der Waals surface area contributed by atoms with Crippen LogP contribution in [0, 0.1) is 0 Å². The van der Waals surface area contributed by atoms with Gasteiger partial charge in [0.15, 0.2) is 0 Å². The number of hydrogen-bond donors (Lipinski definition) is 3. The first-order valence-electron chi connectivity index (χ1n) is 6.33. The summed E-state index contributed by atoms with van der Waals surface area (Å²) in [6, 6.07) is 3.54. The lowest BCUT2D eigenvalue weighted by Gasteiger charge is -2.31. The van der Waals surface area contributed by atoms with E-state index >= 15 is 0 Å². The third-order valence-electron chi connectivity index (χ3n) is 3.50. The van der Waals surface area contributed by atoms with Crippen LogP contribution in [-0.2, 0) is 0 Å². The van der Waals surface area contributed by atoms with Crippen molar-refractivity contribution in [1.29, 1.82) is 0 Å². The minimum atomic E-state index is -0.0478. The molecule has 2 aromatic rings. The lowest BCUT2D eigenvalue weighted by Crippen LogP contribution is -2.39. The van der Waals surface area contributed by atoms with E-state index in [-0.39, 0.29) is 5.91 Å². The Hall–Kier alpha value is -2.31. The summed E-state index contributed by atoms with van der Waals surface area (Å²) in [5.41, 5.74) is 7.06. The van der Waals surface area contributed by atoms with Crippen molar-refractivity contribution in [3.05, 3.63) is 29.7 Å². The van der Waals surface area contributed by atoms with Crippen LogP contribution in [0.5, 0.6) is 0 Å². The molecule has 1 saturated heterocycles. The van der Waals surface area contributed by atoms with Crippen LogP contribution in [0.3, 0.4) is 0 Å². The van der Waals surface area contributed by atoms with Crippen molar-refractivity contribution in [3.63, 3.8) is 0 Å². The molecule has 7 nitrogen and oxygen atoms in total. The van der Waals surface area contributed by atoms with Crippen LogP contribution in [0.1, 0.15) is 34.9 Å². The molecule has 1 atom stereocenters. The first-order valence-corrected chi connectivity index (χ1v) is 6.33. The van der Waals surface area contributed by atoms with Gasteiger partial charge >= 0.3 is 0 Å². The van der Waals surface area contributed by atoms with Crippen LogP contribution in [0.15, 0.2) is 18.3 Å². The van der Waals surface area contributed by atoms with Crippen molar-refractivity contribution in [2.75, 3.05) is 18.8 Å². The second kappa shape index (κ2) is 4.75. The molecule has 4 N–H and O–H groups in total. The summed E-state index contributed by atoms with van der Waals surface area (Å²) < 4.78 is 0. The highest BCUT2D eigenvalue weighted by Gasteiger charge is 2.26. The minimum Gasteiger partial charge on any atom is -0.382 e. The SMILES string of the molecule is Nc1cc(C(=O)N2CCCC(c3ccn[nH]3)C2)[nH]n1. The molecule has 100 valence electrons. The number of nitrogens with one attached hydrogen (secondary N) is 2. The molecule has 0 spiro atoms. The number of amides is 1. The third kappa shape index (κ3) is 2.31. The Morgan fingerprint density at radius 2 is 2.37 bits per heavy atom. The highest BCUT2D eigenvalue weighted by Crippen LogP contribution is 2.26. The van der Waals surface area contributed by atoms with Gasteiger partial charge in [0.2, 0.25) is 0 Å². The molecule has 1 amide bonds. The second-order valence-corrected chi connectivity index (χ2v) is 4.81. The van der Waals surface area contributed by atoms with E-state index in [4.69, 9.17) is 5.73 Å². The number of likely N-dealkylation sites (tertiary alicyclic amines) is 1. The maximum atomic E-state index is 12.3. The summed E-state index contributed by atoms with van der Waals surface area (Å²) in [4.78, 5) is 14.1. The Labute approximate surface area is 110 Å². The Balaban J connectivity index is 1.73. The zero-order valence-corrected chi connectivity index (χ0v) is 10.5. The fourth-order valence-corrected chi connectivity index (χ4v) is 2.53. The summed E-state index contributed by atoms with van der Waals surface area (Å²) in [5, 5.41) is 13.4. The van der Waals surface area contributed by atoms with Crippen molar-refractivity contribution in [3.8, 4) is 0 Å². The number of rotatable bonds is 2. The fraction of sp³-hybridized carbons (Fsp3) is 0.417. The van der Waals surface area contributed by atoms with Gasteiger partial charge in [-0.25, -0.2) is 0 Å². The van der Waals surface area contributed by atoms with Crippen molar-refractivity contribution in [2.24, 2.45) is 0 Å². The molecule has 1 aliphatic heterocycles. The number of carbonyl (C=O) groups is 1. The van der Waals surface area contributed by atoms with Crippen LogP contribution < -0.4 is 5.73 Å². The smallest absolute Gasteiger partial charge is 0.271 e. The van der Waals surface area contributed by atoms with Crippen LogP contribution in [-0.4, -0.2) is 44.3 Å². The Morgan fingerprint density at radius 1 is 1.47 bits per heavy atom. The summed E-state index contributed by atoms with van der Waals surface area (Å²) in [5.74, 6) is 0.611. The van der Waals surface area contributed by atoms with E-state index in [0.717, 1.165) is 25.1 Å². The normalized spacial score (nSPS) is 19.6. The Morgan fingerprint density at radius 3 is 3.05 bits per heavy atom. The van der Waals surface area contributed by atoms with E-state index in [0.29, 0.717) is 24.0 Å². The molecule has 1 aliphatic rings. The molecule has 1 unspecified atom stereocenters. The average molecular weight is 260 g/mol. The predicted molar refractivity (Wildman–Crippen MR) is 69.5 cm³/mol. The number of piperidine rings is 1.